The van der Waals surface area contributed by atoms with E-state index in [-0.39, 0.29) is 19.1 Å². The maximum Gasteiger partial charge on any atom is 0.472 e. The van der Waals surface area contributed by atoms with E-state index in [1.54, 1.807) is 6.08 Å². The van der Waals surface area contributed by atoms with Gasteiger partial charge in [-0.2, -0.15) is 0 Å². The highest BCUT2D eigenvalue weighted by molar-refractivity contribution is 7.47. The molecular weight excluding hydrogens is 1060 g/mol. The molecule has 0 spiro atoms. The quantitative estimate of drug-likeness (QED) is 0.0243. The average molecular weight is 1190 g/mol. The first-order valence-electron chi connectivity index (χ1n) is 35.6. The minimum atomic E-state index is -4.35. The SMILES string of the molecule is CC/C=C\C/C=C\C/C=C\C/C=C\C/C=C\C/C=C\C/C=C\CCCCCCCCCCCCCCCCCCCCCC(=O)NC(COP(=O)(O)OCC[N+](C)(C)C)C(O)/C=C/CCCCCCCCCCCCCCCCCCCCC. The molecule has 3 unspecified atom stereocenters. The molecule has 84 heavy (non-hydrogen) atoms. The number of aliphatic hydroxyl groups excluding tert-OH is 1. The highest BCUT2D eigenvalue weighted by atomic mass is 31.2. The second kappa shape index (κ2) is 64.9. The zero-order chi connectivity index (χ0) is 61.2. The molecule has 1 amide bonds. The van der Waals surface area contributed by atoms with Crippen molar-refractivity contribution in [3.05, 3.63) is 97.2 Å². The summed E-state index contributed by atoms with van der Waals surface area (Å²) >= 11 is 0. The number of unbranched alkanes of at least 4 members (excludes halogenated alkanes) is 38. The van der Waals surface area contributed by atoms with Gasteiger partial charge >= 0.3 is 7.82 Å². The van der Waals surface area contributed by atoms with Gasteiger partial charge in [-0.05, 0) is 77.0 Å². The Labute approximate surface area is 521 Å². The first-order valence-corrected chi connectivity index (χ1v) is 37.1. The van der Waals surface area contributed by atoms with Crippen molar-refractivity contribution in [1.82, 2.24) is 5.32 Å². The summed E-state index contributed by atoms with van der Waals surface area (Å²) in [5, 5.41) is 14.0. The summed E-state index contributed by atoms with van der Waals surface area (Å²) in [6.07, 6.45) is 94.1. The molecule has 0 saturated carbocycles. The first-order chi connectivity index (χ1) is 41.0. The van der Waals surface area contributed by atoms with Crippen LogP contribution in [0.15, 0.2) is 97.2 Å². The van der Waals surface area contributed by atoms with Crippen LogP contribution in [0.5, 0.6) is 0 Å². The van der Waals surface area contributed by atoms with Gasteiger partial charge in [-0.25, -0.2) is 4.57 Å². The molecule has 0 heterocycles. The third-order valence-electron chi connectivity index (χ3n) is 15.8. The van der Waals surface area contributed by atoms with Gasteiger partial charge in [-0.15, -0.1) is 0 Å². The monoisotopic (exact) mass is 1190 g/mol. The van der Waals surface area contributed by atoms with Crippen molar-refractivity contribution in [2.24, 2.45) is 0 Å². The standard InChI is InChI=1S/C75H137N2O6P/c1-6-8-10-12-14-16-18-20-22-24-26-28-29-30-31-32-33-34-35-36-37-38-39-40-41-42-43-44-45-46-47-49-51-53-55-57-59-61-63-65-67-69-75(79)76-73(72-83-84(80,81)82-71-70-77(3,4)5)74(78)68-66-64-62-60-58-56-54-52-50-48-27-25-23-21-19-17-15-13-11-9-7-2/h8,10,14,16,20,22,26,28,30-31,33-34,36-37,66,68,73-74,78H,6-7,9,11-13,15,17-19,21,23-25,27,29,32,35,38-65,67,69-72H2,1-5H3,(H-,76,79,80,81)/p+1/b10-8-,16-14-,22-20-,28-26-,31-30-,34-33-,37-36-,68-66+. The van der Waals surface area contributed by atoms with Gasteiger partial charge in [-0.3, -0.25) is 13.8 Å². The first kappa shape index (κ1) is 81.4. The van der Waals surface area contributed by atoms with E-state index in [0.717, 1.165) is 83.5 Å². The van der Waals surface area contributed by atoms with Crippen molar-refractivity contribution >= 4 is 13.7 Å². The van der Waals surface area contributed by atoms with E-state index in [1.165, 1.54) is 218 Å². The number of phosphoric acid groups is 1. The van der Waals surface area contributed by atoms with Crippen molar-refractivity contribution in [1.29, 1.82) is 0 Å². The van der Waals surface area contributed by atoms with E-state index in [2.05, 4.69) is 104 Å². The summed E-state index contributed by atoms with van der Waals surface area (Å²) in [5.74, 6) is -0.174. The Balaban J connectivity index is 3.99. The normalized spacial score (nSPS) is 14.2. The summed E-state index contributed by atoms with van der Waals surface area (Å²) in [4.78, 5) is 23.4. The maximum absolute atomic E-state index is 13.1. The maximum atomic E-state index is 13.1. The second-order valence-corrected chi connectivity index (χ2v) is 26.7. The largest absolute Gasteiger partial charge is 0.472 e. The molecule has 9 heteroatoms. The van der Waals surface area contributed by atoms with Gasteiger partial charge < -0.3 is 19.8 Å². The number of aliphatic hydroxyl groups is 1. The van der Waals surface area contributed by atoms with Crippen LogP contribution in [0.25, 0.3) is 0 Å². The molecule has 0 aliphatic heterocycles. The van der Waals surface area contributed by atoms with Crippen LogP contribution in [0.2, 0.25) is 0 Å². The molecule has 3 N–H and O–H groups in total. The fourth-order valence-corrected chi connectivity index (χ4v) is 11.1. The predicted molar refractivity (Wildman–Crippen MR) is 369 cm³/mol. The van der Waals surface area contributed by atoms with Crippen molar-refractivity contribution in [3.8, 4) is 0 Å². The molecule has 0 aliphatic carbocycles. The van der Waals surface area contributed by atoms with Crippen LogP contribution in [0.3, 0.4) is 0 Å². The molecule has 0 aromatic rings. The molecule has 0 saturated heterocycles. The van der Waals surface area contributed by atoms with Gasteiger partial charge in [0.15, 0.2) is 0 Å². The Morgan fingerprint density at radius 1 is 0.417 bits per heavy atom. The number of amides is 1. The molecular formula is C75H138N2O6P+. The predicted octanol–water partition coefficient (Wildman–Crippen LogP) is 22.9. The molecule has 0 fully saturated rings. The second-order valence-electron chi connectivity index (χ2n) is 25.2. The minimum Gasteiger partial charge on any atom is -0.387 e. The zero-order valence-corrected chi connectivity index (χ0v) is 56.8. The Bertz CT molecular complexity index is 1690. The summed E-state index contributed by atoms with van der Waals surface area (Å²) < 4.78 is 23.8. The Morgan fingerprint density at radius 3 is 1.05 bits per heavy atom. The molecule has 8 nitrogen and oxygen atoms in total. The molecule has 0 aromatic carbocycles. The highest BCUT2D eigenvalue weighted by Crippen LogP contribution is 2.43. The van der Waals surface area contributed by atoms with Crippen LogP contribution in [-0.4, -0.2) is 73.4 Å². The van der Waals surface area contributed by atoms with Crippen LogP contribution in [0.1, 0.15) is 322 Å². The van der Waals surface area contributed by atoms with Crippen LogP contribution in [0.4, 0.5) is 0 Å². The van der Waals surface area contributed by atoms with Crippen LogP contribution >= 0.6 is 7.82 Å². The third kappa shape index (κ3) is 66.9. The van der Waals surface area contributed by atoms with E-state index >= 15 is 0 Å². The molecule has 0 rings (SSSR count). The molecule has 0 aliphatic rings. The van der Waals surface area contributed by atoms with Gasteiger partial charge in [-0.1, -0.05) is 336 Å². The number of nitrogens with one attached hydrogen (secondary N) is 1. The molecule has 0 aromatic heterocycles. The Kier molecular flexibility index (Phi) is 62.9. The number of rotatable bonds is 65. The number of hydrogen-bond acceptors (Lipinski definition) is 5. The number of carbonyl (C=O) groups is 1. The van der Waals surface area contributed by atoms with Gasteiger partial charge in [0.2, 0.25) is 5.91 Å². The number of allylic oxidation sites excluding steroid dienone is 15. The topological polar surface area (TPSA) is 105 Å². The number of likely N-dealkylation sites (N-methyl/N-ethyl adjacent to an activating group) is 1. The lowest BCUT2D eigenvalue weighted by Gasteiger charge is -2.25. The van der Waals surface area contributed by atoms with Crippen molar-refractivity contribution in [2.45, 2.75) is 334 Å². The van der Waals surface area contributed by atoms with Gasteiger partial charge in [0.25, 0.3) is 0 Å². The summed E-state index contributed by atoms with van der Waals surface area (Å²) in [7, 11) is 1.58. The van der Waals surface area contributed by atoms with E-state index in [4.69, 9.17) is 9.05 Å². The number of quaternary nitrogens is 1. The van der Waals surface area contributed by atoms with E-state index < -0.39 is 20.0 Å². The fraction of sp³-hybridized carbons (Fsp3) is 0.773. The van der Waals surface area contributed by atoms with Crippen LogP contribution in [0, 0.1) is 0 Å². The Morgan fingerprint density at radius 2 is 0.714 bits per heavy atom. The summed E-state index contributed by atoms with van der Waals surface area (Å²) in [5.41, 5.74) is 0. The molecule has 0 bridgehead atoms. The summed E-state index contributed by atoms with van der Waals surface area (Å²) in [6.45, 7) is 4.73. The van der Waals surface area contributed by atoms with Gasteiger partial charge in [0.05, 0.1) is 39.9 Å². The fourth-order valence-electron chi connectivity index (χ4n) is 10.3. The van der Waals surface area contributed by atoms with Crippen molar-refractivity contribution in [2.75, 3.05) is 40.9 Å². The summed E-state index contributed by atoms with van der Waals surface area (Å²) in [6, 6.07) is -0.850. The number of nitrogens with zero attached hydrogens (tertiary/aromatic N) is 1. The third-order valence-corrected chi connectivity index (χ3v) is 16.8. The van der Waals surface area contributed by atoms with Crippen LogP contribution < -0.4 is 5.32 Å². The average Bonchev–Trinajstić information content (AvgIpc) is 3.56. The lowest BCUT2D eigenvalue weighted by Crippen LogP contribution is -2.45. The van der Waals surface area contributed by atoms with Crippen molar-refractivity contribution < 1.29 is 32.9 Å². The van der Waals surface area contributed by atoms with E-state index in [0.29, 0.717) is 17.4 Å². The number of hydrogen-bond donors (Lipinski definition) is 3. The highest BCUT2D eigenvalue weighted by Gasteiger charge is 2.28. The molecule has 3 atom stereocenters. The molecule has 488 valence electrons. The smallest absolute Gasteiger partial charge is 0.387 e. The Hall–Kier alpha value is -2.58. The lowest BCUT2D eigenvalue weighted by atomic mass is 10.0. The lowest BCUT2D eigenvalue weighted by molar-refractivity contribution is -0.870. The molecule has 0 radical (unpaired) electrons. The zero-order valence-electron chi connectivity index (χ0n) is 55.9. The van der Waals surface area contributed by atoms with E-state index in [9.17, 15) is 19.4 Å². The van der Waals surface area contributed by atoms with Gasteiger partial charge in [0.1, 0.15) is 13.2 Å². The number of phosphoric ester groups is 1. The number of carbonyl (C=O) groups excluding carboxylic acids is 1. The van der Waals surface area contributed by atoms with Gasteiger partial charge in [0, 0.05) is 6.42 Å². The van der Waals surface area contributed by atoms with Crippen molar-refractivity contribution in [3.63, 3.8) is 0 Å². The van der Waals surface area contributed by atoms with Crippen LogP contribution in [-0.2, 0) is 18.4 Å². The minimum absolute atomic E-state index is 0.0607. The van der Waals surface area contributed by atoms with E-state index in [1.807, 2.05) is 27.2 Å².